The lowest BCUT2D eigenvalue weighted by molar-refractivity contribution is -0.111. The topological polar surface area (TPSA) is 70.7 Å². The van der Waals surface area contributed by atoms with Gasteiger partial charge < -0.3 is 5.32 Å². The Morgan fingerprint density at radius 3 is 2.53 bits per heavy atom. The summed E-state index contributed by atoms with van der Waals surface area (Å²) in [6.45, 7) is 0. The van der Waals surface area contributed by atoms with Gasteiger partial charge in [0.2, 0.25) is 5.91 Å². The zero-order valence-corrected chi connectivity index (χ0v) is 19.5. The standard InChI is InChI=1S/C28H24N4OS/c29-18-24-23-14-8-3-9-15-25(23)34-28(24)30-26(33)17-16-21-19-32(22-12-6-2-7-13-22)31-27(21)20-10-4-1-5-11-20/h1-2,4-7,10-13,16-17,19H,3,8-9,14-15H2,(H,30,33). The highest BCUT2D eigenvalue weighted by Gasteiger charge is 2.20. The number of hydrogen-bond acceptors (Lipinski definition) is 4. The summed E-state index contributed by atoms with van der Waals surface area (Å²) in [7, 11) is 0. The Kier molecular flexibility index (Phi) is 6.37. The molecule has 5 rings (SSSR count). The summed E-state index contributed by atoms with van der Waals surface area (Å²) in [5.41, 5.74) is 5.32. The molecule has 2 aromatic heterocycles. The average Bonchev–Trinajstić information content (AvgIpc) is 3.37. The lowest BCUT2D eigenvalue weighted by Gasteiger charge is -2.01. The first-order valence-corrected chi connectivity index (χ1v) is 12.3. The maximum Gasteiger partial charge on any atom is 0.249 e. The molecule has 2 aromatic carbocycles. The molecule has 1 amide bonds. The number of anilines is 1. The van der Waals surface area contributed by atoms with Crippen molar-refractivity contribution in [1.82, 2.24) is 9.78 Å². The zero-order valence-electron chi connectivity index (χ0n) is 18.7. The van der Waals surface area contributed by atoms with Gasteiger partial charge in [0.05, 0.1) is 16.9 Å². The Morgan fingerprint density at radius 2 is 1.76 bits per heavy atom. The van der Waals surface area contributed by atoms with Crippen LogP contribution in [0.3, 0.4) is 0 Å². The molecular weight excluding hydrogens is 440 g/mol. The van der Waals surface area contributed by atoms with E-state index in [9.17, 15) is 10.1 Å². The van der Waals surface area contributed by atoms with Crippen molar-refractivity contribution in [1.29, 1.82) is 5.26 Å². The lowest BCUT2D eigenvalue weighted by atomic mass is 10.1. The summed E-state index contributed by atoms with van der Waals surface area (Å²) < 4.78 is 1.82. The number of hydrogen-bond donors (Lipinski definition) is 1. The Bertz CT molecular complexity index is 1380. The van der Waals surface area contributed by atoms with Crippen molar-refractivity contribution >= 4 is 28.3 Å². The van der Waals surface area contributed by atoms with Gasteiger partial charge in [0, 0.05) is 28.3 Å². The van der Waals surface area contributed by atoms with Crippen LogP contribution in [0.1, 0.15) is 40.8 Å². The summed E-state index contributed by atoms with van der Waals surface area (Å²) in [5.74, 6) is -0.251. The van der Waals surface area contributed by atoms with E-state index >= 15 is 0 Å². The number of nitrogens with one attached hydrogen (secondary N) is 1. The van der Waals surface area contributed by atoms with Crippen molar-refractivity contribution in [2.75, 3.05) is 5.32 Å². The molecule has 0 saturated heterocycles. The van der Waals surface area contributed by atoms with Crippen LogP contribution < -0.4 is 5.32 Å². The number of nitrogens with zero attached hydrogens (tertiary/aromatic N) is 3. The molecule has 0 bridgehead atoms. The SMILES string of the molecule is N#Cc1c(NC(=O)C=Cc2cn(-c3ccccc3)nc2-c2ccccc2)sc2c1CCCCC2. The van der Waals surface area contributed by atoms with Gasteiger partial charge in [-0.2, -0.15) is 10.4 Å². The van der Waals surface area contributed by atoms with Gasteiger partial charge in [0.25, 0.3) is 0 Å². The van der Waals surface area contributed by atoms with Crippen LogP contribution >= 0.6 is 11.3 Å². The van der Waals surface area contributed by atoms with Crippen LogP contribution in [0.4, 0.5) is 5.00 Å². The first-order chi connectivity index (χ1) is 16.7. The number of aromatic nitrogens is 2. The maximum atomic E-state index is 12.8. The molecule has 5 nitrogen and oxygen atoms in total. The molecule has 34 heavy (non-hydrogen) atoms. The largest absolute Gasteiger partial charge is 0.313 e. The molecule has 0 unspecified atom stereocenters. The summed E-state index contributed by atoms with van der Waals surface area (Å²) in [6.07, 6.45) is 10.6. The predicted molar refractivity (Wildman–Crippen MR) is 137 cm³/mol. The Balaban J connectivity index is 1.42. The number of aryl methyl sites for hydroxylation is 1. The van der Waals surface area contributed by atoms with Gasteiger partial charge in [-0.25, -0.2) is 4.68 Å². The van der Waals surface area contributed by atoms with Gasteiger partial charge in [-0.05, 0) is 49.5 Å². The van der Waals surface area contributed by atoms with Crippen LogP contribution in [0.2, 0.25) is 0 Å². The van der Waals surface area contributed by atoms with Crippen molar-refractivity contribution in [3.05, 3.63) is 94.5 Å². The highest BCUT2D eigenvalue weighted by molar-refractivity contribution is 7.16. The van der Waals surface area contributed by atoms with Crippen LogP contribution in [0.5, 0.6) is 0 Å². The van der Waals surface area contributed by atoms with Gasteiger partial charge in [0.15, 0.2) is 0 Å². The van der Waals surface area contributed by atoms with Gasteiger partial charge in [-0.3, -0.25) is 4.79 Å². The molecule has 0 atom stereocenters. The Morgan fingerprint density at radius 1 is 1.03 bits per heavy atom. The molecule has 0 radical (unpaired) electrons. The normalized spacial score (nSPS) is 13.3. The Labute approximate surface area is 203 Å². The third kappa shape index (κ3) is 4.57. The van der Waals surface area contributed by atoms with Crippen molar-refractivity contribution in [3.63, 3.8) is 0 Å². The smallest absolute Gasteiger partial charge is 0.249 e. The minimum absolute atomic E-state index is 0.251. The minimum Gasteiger partial charge on any atom is -0.313 e. The molecular formula is C28H24N4OS. The molecule has 2 heterocycles. The number of carbonyl (C=O) groups is 1. The molecule has 0 spiro atoms. The van der Waals surface area contributed by atoms with Gasteiger partial charge in [-0.15, -0.1) is 11.3 Å². The predicted octanol–water partition coefficient (Wildman–Crippen LogP) is 6.39. The van der Waals surface area contributed by atoms with Crippen molar-refractivity contribution in [2.24, 2.45) is 0 Å². The molecule has 0 fully saturated rings. The van der Waals surface area contributed by atoms with E-state index in [2.05, 4.69) is 11.4 Å². The van der Waals surface area contributed by atoms with Crippen LogP contribution in [-0.4, -0.2) is 15.7 Å². The fourth-order valence-corrected chi connectivity index (χ4v) is 5.55. The summed E-state index contributed by atoms with van der Waals surface area (Å²) >= 11 is 1.55. The number of para-hydroxylation sites is 1. The van der Waals surface area contributed by atoms with Crippen LogP contribution in [0.25, 0.3) is 23.0 Å². The van der Waals surface area contributed by atoms with Crippen LogP contribution in [0, 0.1) is 11.3 Å². The van der Waals surface area contributed by atoms with E-state index in [-0.39, 0.29) is 5.91 Å². The number of amides is 1. The summed E-state index contributed by atoms with van der Waals surface area (Å²) in [4.78, 5) is 14.1. The quantitative estimate of drug-likeness (QED) is 0.275. The monoisotopic (exact) mass is 464 g/mol. The number of thiophene rings is 1. The van der Waals surface area contributed by atoms with Crippen LogP contribution in [0.15, 0.2) is 72.9 Å². The number of carbonyl (C=O) groups excluding carboxylic acids is 1. The highest BCUT2D eigenvalue weighted by atomic mass is 32.1. The molecule has 1 aliphatic rings. The van der Waals surface area contributed by atoms with Gasteiger partial charge >= 0.3 is 0 Å². The fourth-order valence-electron chi connectivity index (χ4n) is 4.31. The molecule has 6 heteroatoms. The number of nitriles is 1. The van der Waals surface area contributed by atoms with Crippen molar-refractivity contribution in [2.45, 2.75) is 32.1 Å². The van der Waals surface area contributed by atoms with E-state index < -0.39 is 0 Å². The molecule has 4 aromatic rings. The summed E-state index contributed by atoms with van der Waals surface area (Å²) in [5, 5.41) is 18.1. The average molecular weight is 465 g/mol. The van der Waals surface area contributed by atoms with Gasteiger partial charge in [0.1, 0.15) is 11.1 Å². The van der Waals surface area contributed by atoms with Crippen molar-refractivity contribution < 1.29 is 4.79 Å². The second kappa shape index (κ2) is 9.90. The lowest BCUT2D eigenvalue weighted by Crippen LogP contribution is -2.07. The van der Waals surface area contributed by atoms with Crippen molar-refractivity contribution in [3.8, 4) is 23.0 Å². The second-order valence-electron chi connectivity index (χ2n) is 8.28. The van der Waals surface area contributed by atoms with E-state index in [0.717, 1.165) is 53.8 Å². The summed E-state index contributed by atoms with van der Waals surface area (Å²) in [6, 6.07) is 22.1. The molecule has 168 valence electrons. The number of benzene rings is 2. The Hall–Kier alpha value is -3.95. The van der Waals surface area contributed by atoms with E-state index in [1.807, 2.05) is 71.5 Å². The fraction of sp³-hybridized carbons (Fsp3) is 0.179. The van der Waals surface area contributed by atoms with E-state index in [4.69, 9.17) is 5.10 Å². The first-order valence-electron chi connectivity index (χ1n) is 11.5. The van der Waals surface area contributed by atoms with Gasteiger partial charge in [-0.1, -0.05) is 55.0 Å². The third-order valence-corrected chi connectivity index (χ3v) is 7.20. The molecule has 0 saturated carbocycles. The minimum atomic E-state index is -0.251. The molecule has 1 aliphatic carbocycles. The molecule has 1 N–H and O–H groups in total. The van der Waals surface area contributed by atoms with E-state index in [0.29, 0.717) is 10.6 Å². The van der Waals surface area contributed by atoms with Crippen LogP contribution in [-0.2, 0) is 17.6 Å². The number of fused-ring (bicyclic) bond motifs is 1. The second-order valence-corrected chi connectivity index (χ2v) is 9.39. The number of rotatable bonds is 5. The highest BCUT2D eigenvalue weighted by Crippen LogP contribution is 2.37. The third-order valence-electron chi connectivity index (χ3n) is 5.99. The first kappa shape index (κ1) is 21.9. The van der Waals surface area contributed by atoms with E-state index in [1.54, 1.807) is 17.4 Å². The maximum absolute atomic E-state index is 12.8. The zero-order chi connectivity index (χ0) is 23.3. The van der Waals surface area contributed by atoms with E-state index in [1.165, 1.54) is 17.4 Å². The molecule has 0 aliphatic heterocycles.